The van der Waals surface area contributed by atoms with E-state index in [0.29, 0.717) is 26.1 Å². The van der Waals surface area contributed by atoms with Crippen molar-refractivity contribution in [3.63, 3.8) is 0 Å². The lowest BCUT2D eigenvalue weighted by molar-refractivity contribution is -0.124. The van der Waals surface area contributed by atoms with Crippen molar-refractivity contribution in [1.29, 1.82) is 0 Å². The topological polar surface area (TPSA) is 76.5 Å². The van der Waals surface area contributed by atoms with E-state index in [0.717, 1.165) is 12.8 Å². The van der Waals surface area contributed by atoms with Crippen LogP contribution in [-0.4, -0.2) is 51.9 Å². The fourth-order valence-electron chi connectivity index (χ4n) is 2.72. The molecule has 2 heterocycles. The normalized spacial score (nSPS) is 17.8. The molecular formula is C17H28N4O3. The van der Waals surface area contributed by atoms with Gasteiger partial charge >= 0.3 is 6.09 Å². The highest BCUT2D eigenvalue weighted by atomic mass is 16.6. The lowest BCUT2D eigenvalue weighted by Gasteiger charge is -2.24. The van der Waals surface area contributed by atoms with Gasteiger partial charge in [0.25, 0.3) is 0 Å². The minimum absolute atomic E-state index is 0.0206. The van der Waals surface area contributed by atoms with Crippen molar-refractivity contribution in [1.82, 2.24) is 20.0 Å². The number of nitrogens with one attached hydrogen (secondary N) is 1. The summed E-state index contributed by atoms with van der Waals surface area (Å²) < 4.78 is 7.12. The second-order valence-corrected chi connectivity index (χ2v) is 7.33. The largest absolute Gasteiger partial charge is 0.444 e. The van der Waals surface area contributed by atoms with Gasteiger partial charge in [0.2, 0.25) is 5.91 Å². The first-order chi connectivity index (χ1) is 11.2. The van der Waals surface area contributed by atoms with Crippen LogP contribution in [-0.2, 0) is 23.0 Å². The summed E-state index contributed by atoms with van der Waals surface area (Å²) in [6.45, 7) is 7.16. The van der Waals surface area contributed by atoms with E-state index in [1.165, 1.54) is 5.56 Å². The van der Waals surface area contributed by atoms with Gasteiger partial charge in [-0.1, -0.05) is 0 Å². The zero-order valence-electron chi connectivity index (χ0n) is 15.0. The molecule has 1 aromatic rings. The molecule has 2 amide bonds. The average Bonchev–Trinajstić information content (AvgIpc) is 3.10. The Morgan fingerprint density at radius 3 is 2.79 bits per heavy atom. The van der Waals surface area contributed by atoms with Gasteiger partial charge in [-0.3, -0.25) is 9.48 Å². The first kappa shape index (κ1) is 18.3. The third-order valence-corrected chi connectivity index (χ3v) is 3.91. The lowest BCUT2D eigenvalue weighted by atomic mass is 10.1. The van der Waals surface area contributed by atoms with E-state index in [4.69, 9.17) is 4.74 Å². The highest BCUT2D eigenvalue weighted by molar-refractivity contribution is 5.80. The zero-order valence-corrected chi connectivity index (χ0v) is 15.0. The van der Waals surface area contributed by atoms with Gasteiger partial charge in [0.05, 0.1) is 12.1 Å². The molecule has 1 atom stereocenters. The molecule has 1 fully saturated rings. The first-order valence-corrected chi connectivity index (χ1v) is 8.48. The number of likely N-dealkylation sites (tertiary alicyclic amines) is 1. The lowest BCUT2D eigenvalue weighted by Crippen LogP contribution is -2.37. The molecule has 24 heavy (non-hydrogen) atoms. The van der Waals surface area contributed by atoms with Crippen LogP contribution >= 0.6 is 0 Å². The Hall–Kier alpha value is -2.05. The van der Waals surface area contributed by atoms with Crippen molar-refractivity contribution < 1.29 is 14.3 Å². The molecule has 1 N–H and O–H groups in total. The number of carbonyl (C=O) groups is 2. The third kappa shape index (κ3) is 5.54. The number of amides is 2. The molecule has 0 bridgehead atoms. The predicted octanol–water partition coefficient (Wildman–Crippen LogP) is 1.73. The fraction of sp³-hybridized carbons (Fsp3) is 0.706. The van der Waals surface area contributed by atoms with E-state index in [-0.39, 0.29) is 17.9 Å². The van der Waals surface area contributed by atoms with Gasteiger partial charge in [-0.2, -0.15) is 5.10 Å². The van der Waals surface area contributed by atoms with E-state index in [9.17, 15) is 9.59 Å². The summed E-state index contributed by atoms with van der Waals surface area (Å²) in [5.74, 6) is -0.122. The molecule has 0 aliphatic carbocycles. The van der Waals surface area contributed by atoms with Crippen molar-refractivity contribution >= 4 is 12.0 Å². The molecular weight excluding hydrogens is 308 g/mol. The highest BCUT2D eigenvalue weighted by Crippen LogP contribution is 2.19. The molecule has 1 saturated heterocycles. The van der Waals surface area contributed by atoms with Crippen molar-refractivity contribution in [2.24, 2.45) is 13.0 Å². The van der Waals surface area contributed by atoms with E-state index in [1.807, 2.05) is 40.2 Å². The number of hydrogen-bond acceptors (Lipinski definition) is 4. The Kier molecular flexibility index (Phi) is 5.85. The minimum Gasteiger partial charge on any atom is -0.444 e. The number of ether oxygens (including phenoxy) is 1. The molecule has 1 aromatic heterocycles. The summed E-state index contributed by atoms with van der Waals surface area (Å²) in [4.78, 5) is 25.8. The Morgan fingerprint density at radius 1 is 1.42 bits per heavy atom. The van der Waals surface area contributed by atoms with Gasteiger partial charge in [-0.05, 0) is 45.6 Å². The van der Waals surface area contributed by atoms with Crippen molar-refractivity contribution in [3.8, 4) is 0 Å². The number of nitrogens with zero attached hydrogens (tertiary/aromatic N) is 3. The monoisotopic (exact) mass is 336 g/mol. The Bertz CT molecular complexity index is 577. The van der Waals surface area contributed by atoms with Crippen molar-refractivity contribution in [3.05, 3.63) is 18.0 Å². The Labute approximate surface area is 143 Å². The summed E-state index contributed by atoms with van der Waals surface area (Å²) in [6.07, 6.45) is 5.94. The molecule has 2 rings (SSSR count). The van der Waals surface area contributed by atoms with Crippen LogP contribution < -0.4 is 5.32 Å². The van der Waals surface area contributed by atoms with E-state index < -0.39 is 5.60 Å². The van der Waals surface area contributed by atoms with Gasteiger partial charge in [-0.15, -0.1) is 0 Å². The number of aromatic nitrogens is 2. The van der Waals surface area contributed by atoms with Crippen LogP contribution in [0.15, 0.2) is 12.4 Å². The third-order valence-electron chi connectivity index (χ3n) is 3.91. The van der Waals surface area contributed by atoms with Crippen LogP contribution in [0.1, 0.15) is 39.2 Å². The molecule has 0 radical (unpaired) electrons. The maximum atomic E-state index is 12.2. The van der Waals surface area contributed by atoms with Crippen LogP contribution in [0.2, 0.25) is 0 Å². The number of carbonyl (C=O) groups excluding carboxylic acids is 2. The van der Waals surface area contributed by atoms with Gasteiger partial charge in [-0.25, -0.2) is 4.79 Å². The van der Waals surface area contributed by atoms with Crippen LogP contribution in [0.4, 0.5) is 4.79 Å². The molecule has 1 aliphatic rings. The Balaban J connectivity index is 1.67. The molecule has 7 nitrogen and oxygen atoms in total. The molecule has 7 heteroatoms. The maximum Gasteiger partial charge on any atom is 0.410 e. The second kappa shape index (κ2) is 7.68. The van der Waals surface area contributed by atoms with Crippen LogP contribution in [0.25, 0.3) is 0 Å². The van der Waals surface area contributed by atoms with E-state index >= 15 is 0 Å². The van der Waals surface area contributed by atoms with Crippen LogP contribution in [0.5, 0.6) is 0 Å². The number of aryl methyl sites for hydroxylation is 2. The molecule has 1 aliphatic heterocycles. The van der Waals surface area contributed by atoms with Gasteiger partial charge in [0, 0.05) is 32.9 Å². The summed E-state index contributed by atoms with van der Waals surface area (Å²) in [6, 6.07) is 0. The van der Waals surface area contributed by atoms with Gasteiger partial charge in [0.1, 0.15) is 5.60 Å². The molecule has 134 valence electrons. The van der Waals surface area contributed by atoms with E-state index in [2.05, 4.69) is 10.4 Å². The SMILES string of the molecule is Cn1cc(CCCNC(=O)C2CCN(C(=O)OC(C)(C)C)C2)cn1. The number of rotatable bonds is 5. The molecule has 0 saturated carbocycles. The van der Waals surface area contributed by atoms with Crippen LogP contribution in [0, 0.1) is 5.92 Å². The quantitative estimate of drug-likeness (QED) is 0.831. The fourth-order valence-corrected chi connectivity index (χ4v) is 2.72. The van der Waals surface area contributed by atoms with Crippen molar-refractivity contribution in [2.45, 2.75) is 45.6 Å². The zero-order chi connectivity index (χ0) is 17.7. The second-order valence-electron chi connectivity index (χ2n) is 7.33. The smallest absolute Gasteiger partial charge is 0.410 e. The number of hydrogen-bond donors (Lipinski definition) is 1. The van der Waals surface area contributed by atoms with Crippen molar-refractivity contribution in [2.75, 3.05) is 19.6 Å². The highest BCUT2D eigenvalue weighted by Gasteiger charge is 2.33. The average molecular weight is 336 g/mol. The van der Waals surface area contributed by atoms with Gasteiger partial charge < -0.3 is 15.0 Å². The molecule has 0 spiro atoms. The summed E-state index contributed by atoms with van der Waals surface area (Å²) in [5, 5.41) is 7.09. The van der Waals surface area contributed by atoms with E-state index in [1.54, 1.807) is 9.58 Å². The summed E-state index contributed by atoms with van der Waals surface area (Å²) in [5.41, 5.74) is 0.660. The molecule has 1 unspecified atom stereocenters. The molecule has 0 aromatic carbocycles. The van der Waals surface area contributed by atoms with Gasteiger partial charge in [0.15, 0.2) is 0 Å². The summed E-state index contributed by atoms with van der Waals surface area (Å²) in [7, 11) is 1.89. The summed E-state index contributed by atoms with van der Waals surface area (Å²) >= 11 is 0. The first-order valence-electron chi connectivity index (χ1n) is 8.48. The Morgan fingerprint density at radius 2 is 2.17 bits per heavy atom. The minimum atomic E-state index is -0.510. The predicted molar refractivity (Wildman–Crippen MR) is 90.5 cm³/mol. The maximum absolute atomic E-state index is 12.2. The van der Waals surface area contributed by atoms with Crippen LogP contribution in [0.3, 0.4) is 0 Å². The standard InChI is InChI=1S/C17H28N4O3/c1-17(2,3)24-16(23)21-9-7-14(12-21)15(22)18-8-5-6-13-10-19-20(4)11-13/h10-11,14H,5-9,12H2,1-4H3,(H,18,22).